The average Bonchev–Trinajstić information content (AvgIpc) is 2.73. The highest BCUT2D eigenvalue weighted by Gasteiger charge is 2.46. The molecule has 0 bridgehead atoms. The summed E-state index contributed by atoms with van der Waals surface area (Å²) >= 11 is 8.15. The Morgan fingerprint density at radius 1 is 0.882 bits per heavy atom. The Balaban J connectivity index is 1.65. The molecule has 0 unspecified atom stereocenters. The topological polar surface area (TPSA) is 59.1 Å². The van der Waals surface area contributed by atoms with Crippen LogP contribution in [0.2, 0.25) is 5.02 Å². The van der Waals surface area contributed by atoms with E-state index in [-0.39, 0.29) is 28.3 Å². The van der Waals surface area contributed by atoms with E-state index >= 15 is 0 Å². The molecule has 3 aliphatic rings. The molecule has 0 amide bonds. The number of allylic oxidation sites excluding steroid dienone is 4. The van der Waals surface area contributed by atoms with Gasteiger partial charge in [-0.1, -0.05) is 57.1 Å². The molecule has 1 aromatic carbocycles. The van der Waals surface area contributed by atoms with Crippen molar-refractivity contribution in [2.24, 2.45) is 10.8 Å². The van der Waals surface area contributed by atoms with Crippen molar-refractivity contribution in [2.75, 3.05) is 0 Å². The third-order valence-corrected chi connectivity index (χ3v) is 8.39. The number of aromatic nitrogens is 1. The molecule has 2 heterocycles. The maximum Gasteiger partial charge on any atom is 0.162 e. The first-order valence-corrected chi connectivity index (χ1v) is 12.9. The molecule has 2 aromatic rings. The van der Waals surface area contributed by atoms with Crippen LogP contribution >= 0.6 is 23.4 Å². The fourth-order valence-electron chi connectivity index (χ4n) is 5.53. The molecule has 1 N–H and O–H groups in total. The minimum absolute atomic E-state index is 0.109. The van der Waals surface area contributed by atoms with Gasteiger partial charge in [0.15, 0.2) is 11.6 Å². The van der Waals surface area contributed by atoms with Crippen LogP contribution in [0.25, 0.3) is 0 Å². The highest BCUT2D eigenvalue weighted by atomic mass is 35.5. The highest BCUT2D eigenvalue weighted by molar-refractivity contribution is 7.99. The molecule has 1 aromatic heterocycles. The molecular weight excluding hydrogens is 464 g/mol. The highest BCUT2D eigenvalue weighted by Crippen LogP contribution is 2.51. The molecule has 34 heavy (non-hydrogen) atoms. The Bertz CT molecular complexity index is 1210. The number of halogens is 1. The summed E-state index contributed by atoms with van der Waals surface area (Å²) in [6.07, 6.45) is 6.07. The van der Waals surface area contributed by atoms with Crippen molar-refractivity contribution >= 4 is 34.9 Å². The van der Waals surface area contributed by atoms with Crippen molar-refractivity contribution in [3.05, 3.63) is 75.9 Å². The molecule has 0 spiro atoms. The molecule has 0 radical (unpaired) electrons. The van der Waals surface area contributed by atoms with Crippen LogP contribution in [-0.2, 0) is 9.59 Å². The Kier molecular flexibility index (Phi) is 5.77. The summed E-state index contributed by atoms with van der Waals surface area (Å²) < 4.78 is 0. The largest absolute Gasteiger partial charge is 0.362 e. The quantitative estimate of drug-likeness (QED) is 0.507. The van der Waals surface area contributed by atoms with Crippen molar-refractivity contribution < 1.29 is 9.59 Å². The molecule has 5 rings (SSSR count). The molecule has 4 nitrogen and oxygen atoms in total. The van der Waals surface area contributed by atoms with Gasteiger partial charge >= 0.3 is 0 Å². The molecule has 6 heteroatoms. The van der Waals surface area contributed by atoms with Gasteiger partial charge in [0.1, 0.15) is 0 Å². The van der Waals surface area contributed by atoms with E-state index in [4.69, 9.17) is 11.6 Å². The second-order valence-corrected chi connectivity index (χ2v) is 12.7. The maximum atomic E-state index is 13.5. The van der Waals surface area contributed by atoms with Gasteiger partial charge in [-0.3, -0.25) is 14.6 Å². The van der Waals surface area contributed by atoms with Gasteiger partial charge in [-0.2, -0.15) is 0 Å². The fraction of sp³-hybridized carbons (Fsp3) is 0.393. The summed E-state index contributed by atoms with van der Waals surface area (Å²) in [5, 5.41) is 4.22. The SMILES string of the molecule is CC1(C)CC(=O)C2=C(C1)NC1=C(C(=O)CC(C)(C)C1)C2c1ccc(Cl)c(Sc2ccncc2)c1. The second-order valence-electron chi connectivity index (χ2n) is 11.2. The molecule has 0 saturated carbocycles. The van der Waals surface area contributed by atoms with Gasteiger partial charge in [-0.05, 0) is 53.5 Å². The second kappa shape index (κ2) is 8.39. The summed E-state index contributed by atoms with van der Waals surface area (Å²) in [5.74, 6) is -0.0926. The third-order valence-electron chi connectivity index (χ3n) is 6.89. The first kappa shape index (κ1) is 23.4. The standard InChI is InChI=1S/C28H29ClN2O2S/c1-27(2)12-19-25(21(32)14-27)24(26-20(31-19)13-28(3,4)15-22(26)33)16-5-6-18(29)23(11-16)34-17-7-9-30-10-8-17/h5-11,24,31H,12-15H2,1-4H3. The molecule has 0 atom stereocenters. The molecule has 2 aliphatic carbocycles. The predicted molar refractivity (Wildman–Crippen MR) is 136 cm³/mol. The zero-order chi connectivity index (χ0) is 24.3. The van der Waals surface area contributed by atoms with Crippen LogP contribution in [0, 0.1) is 10.8 Å². The van der Waals surface area contributed by atoms with Gasteiger partial charge in [-0.15, -0.1) is 0 Å². The number of carbonyl (C=O) groups is 2. The summed E-state index contributed by atoms with van der Waals surface area (Å²) in [6, 6.07) is 9.80. The Labute approximate surface area is 210 Å². The lowest BCUT2D eigenvalue weighted by Crippen LogP contribution is -2.42. The van der Waals surface area contributed by atoms with E-state index in [1.54, 1.807) is 24.2 Å². The Hall–Kier alpha value is -2.37. The lowest BCUT2D eigenvalue weighted by Gasteiger charge is -2.44. The number of hydrogen-bond acceptors (Lipinski definition) is 5. The van der Waals surface area contributed by atoms with Crippen LogP contribution in [0.3, 0.4) is 0 Å². The lowest BCUT2D eigenvalue weighted by atomic mass is 9.64. The minimum atomic E-state index is -0.354. The smallest absolute Gasteiger partial charge is 0.162 e. The van der Waals surface area contributed by atoms with Gasteiger partial charge < -0.3 is 5.32 Å². The van der Waals surface area contributed by atoms with Crippen molar-refractivity contribution in [3.63, 3.8) is 0 Å². The number of ketones is 2. The van der Waals surface area contributed by atoms with Gasteiger partial charge in [-0.25, -0.2) is 0 Å². The predicted octanol–water partition coefficient (Wildman–Crippen LogP) is 6.86. The van der Waals surface area contributed by atoms with Crippen LogP contribution in [0.15, 0.2) is 75.1 Å². The van der Waals surface area contributed by atoms with Crippen molar-refractivity contribution in [3.8, 4) is 0 Å². The number of rotatable bonds is 3. The van der Waals surface area contributed by atoms with Crippen molar-refractivity contribution in [2.45, 2.75) is 69.1 Å². The molecule has 0 saturated heterocycles. The van der Waals surface area contributed by atoms with Crippen LogP contribution in [0.5, 0.6) is 0 Å². The van der Waals surface area contributed by atoms with Gasteiger partial charge in [0.2, 0.25) is 0 Å². The summed E-state index contributed by atoms with van der Waals surface area (Å²) in [6.45, 7) is 8.54. The van der Waals surface area contributed by atoms with Crippen LogP contribution in [0.4, 0.5) is 0 Å². The van der Waals surface area contributed by atoms with Crippen LogP contribution in [-0.4, -0.2) is 16.6 Å². The van der Waals surface area contributed by atoms with E-state index < -0.39 is 0 Å². The van der Waals surface area contributed by atoms with Gasteiger partial charge in [0.05, 0.1) is 5.02 Å². The third kappa shape index (κ3) is 4.36. The zero-order valence-corrected chi connectivity index (χ0v) is 21.6. The number of dihydropyridines is 1. The number of pyridine rings is 1. The van der Waals surface area contributed by atoms with Crippen LogP contribution < -0.4 is 5.32 Å². The Morgan fingerprint density at radius 2 is 1.44 bits per heavy atom. The van der Waals surface area contributed by atoms with Crippen molar-refractivity contribution in [1.29, 1.82) is 0 Å². The first-order valence-electron chi connectivity index (χ1n) is 11.7. The summed E-state index contributed by atoms with van der Waals surface area (Å²) in [5.41, 5.74) is 4.21. The number of hydrogen-bond donors (Lipinski definition) is 1. The average molecular weight is 493 g/mol. The molecule has 1 aliphatic heterocycles. The minimum Gasteiger partial charge on any atom is -0.362 e. The number of nitrogens with zero attached hydrogens (tertiary/aromatic N) is 1. The fourth-order valence-corrected chi connectivity index (χ4v) is 6.64. The number of nitrogens with one attached hydrogen (secondary N) is 1. The van der Waals surface area contributed by atoms with E-state index in [9.17, 15) is 9.59 Å². The Morgan fingerprint density at radius 3 is 2.00 bits per heavy atom. The van der Waals surface area contributed by atoms with Crippen molar-refractivity contribution in [1.82, 2.24) is 10.3 Å². The van der Waals surface area contributed by atoms with Crippen LogP contribution in [0.1, 0.15) is 64.9 Å². The molecular formula is C28H29ClN2O2S. The van der Waals surface area contributed by atoms with E-state index in [1.165, 1.54) is 0 Å². The van der Waals surface area contributed by atoms with E-state index in [2.05, 4.69) is 44.1 Å². The first-order chi connectivity index (χ1) is 16.0. The zero-order valence-electron chi connectivity index (χ0n) is 20.0. The normalized spacial score (nSPS) is 21.8. The maximum absolute atomic E-state index is 13.5. The van der Waals surface area contributed by atoms with E-state index in [0.29, 0.717) is 17.9 Å². The molecule has 176 valence electrons. The summed E-state index contributed by atoms with van der Waals surface area (Å²) in [4.78, 5) is 33.0. The number of Topliss-reactive ketones (excluding diaryl/α,β-unsaturated/α-hetero) is 2. The van der Waals surface area contributed by atoms with Gasteiger partial charge in [0.25, 0.3) is 0 Å². The summed E-state index contributed by atoms with van der Waals surface area (Å²) in [7, 11) is 0. The number of benzene rings is 1. The van der Waals surface area contributed by atoms with E-state index in [1.807, 2.05) is 24.3 Å². The van der Waals surface area contributed by atoms with Gasteiger partial charge in [0, 0.05) is 63.5 Å². The van der Waals surface area contributed by atoms with E-state index in [0.717, 1.165) is 50.7 Å². The number of carbonyl (C=O) groups excluding carboxylic acids is 2. The molecule has 0 fully saturated rings. The monoisotopic (exact) mass is 492 g/mol. The lowest BCUT2D eigenvalue weighted by molar-refractivity contribution is -0.119.